The van der Waals surface area contributed by atoms with Gasteiger partial charge in [0.1, 0.15) is 6.10 Å². The van der Waals surface area contributed by atoms with E-state index >= 15 is 0 Å². The first kappa shape index (κ1) is 15.6. The molecule has 1 aromatic carbocycles. The number of halogens is 1. The first-order valence-electron chi connectivity index (χ1n) is 6.51. The van der Waals surface area contributed by atoms with E-state index in [2.05, 4.69) is 10.6 Å². The normalized spacial score (nSPS) is 21.4. The van der Waals surface area contributed by atoms with Gasteiger partial charge in [-0.05, 0) is 24.6 Å². The van der Waals surface area contributed by atoms with E-state index in [1.165, 1.54) is 0 Å². The van der Waals surface area contributed by atoms with Crippen molar-refractivity contribution in [3.63, 3.8) is 0 Å². The number of methoxy groups -OCH3 is 1. The van der Waals surface area contributed by atoms with Crippen LogP contribution in [-0.2, 0) is 9.53 Å². The summed E-state index contributed by atoms with van der Waals surface area (Å²) >= 11 is 7.62. The van der Waals surface area contributed by atoms with E-state index in [0.29, 0.717) is 5.02 Å². The Kier molecular flexibility index (Phi) is 5.72. The summed E-state index contributed by atoms with van der Waals surface area (Å²) in [6.07, 6.45) is -0.190. The SMILES string of the molecule is CO[C@H](c1ccc(Cl)cc1)[C@@H](C)NC(=O)[C@@H]1CSCN1. The van der Waals surface area contributed by atoms with Crippen LogP contribution in [-0.4, -0.2) is 36.7 Å². The first-order valence-corrected chi connectivity index (χ1v) is 8.05. The van der Waals surface area contributed by atoms with E-state index in [-0.39, 0.29) is 24.1 Å². The zero-order valence-corrected chi connectivity index (χ0v) is 13.1. The van der Waals surface area contributed by atoms with Crippen LogP contribution in [0.1, 0.15) is 18.6 Å². The maximum atomic E-state index is 12.1. The Morgan fingerprint density at radius 1 is 1.50 bits per heavy atom. The quantitative estimate of drug-likeness (QED) is 0.875. The number of benzene rings is 1. The van der Waals surface area contributed by atoms with Gasteiger partial charge in [0.05, 0.1) is 12.1 Å². The van der Waals surface area contributed by atoms with Crippen molar-refractivity contribution in [2.24, 2.45) is 0 Å². The predicted octanol–water partition coefficient (Wildman–Crippen LogP) is 2.19. The number of carbonyl (C=O) groups is 1. The molecule has 0 aliphatic carbocycles. The highest BCUT2D eigenvalue weighted by atomic mass is 35.5. The van der Waals surface area contributed by atoms with Crippen molar-refractivity contribution in [2.75, 3.05) is 18.7 Å². The lowest BCUT2D eigenvalue weighted by Gasteiger charge is -2.25. The van der Waals surface area contributed by atoms with Crippen LogP contribution in [0.15, 0.2) is 24.3 Å². The fourth-order valence-corrected chi connectivity index (χ4v) is 3.31. The highest BCUT2D eigenvalue weighted by Gasteiger charge is 2.26. The Balaban J connectivity index is 1.99. The average molecular weight is 315 g/mol. The van der Waals surface area contributed by atoms with Crippen LogP contribution in [0.3, 0.4) is 0 Å². The van der Waals surface area contributed by atoms with Gasteiger partial charge in [0.2, 0.25) is 5.91 Å². The second kappa shape index (κ2) is 7.31. The number of hydrogen-bond acceptors (Lipinski definition) is 4. The Morgan fingerprint density at radius 2 is 2.20 bits per heavy atom. The van der Waals surface area contributed by atoms with Crippen LogP contribution >= 0.6 is 23.4 Å². The molecule has 0 aromatic heterocycles. The third-order valence-electron chi connectivity index (χ3n) is 3.31. The van der Waals surface area contributed by atoms with E-state index in [1.54, 1.807) is 18.9 Å². The molecule has 110 valence electrons. The van der Waals surface area contributed by atoms with Crippen LogP contribution in [0.2, 0.25) is 5.02 Å². The van der Waals surface area contributed by atoms with Crippen molar-refractivity contribution in [1.82, 2.24) is 10.6 Å². The van der Waals surface area contributed by atoms with Crippen LogP contribution in [0.25, 0.3) is 0 Å². The molecule has 0 spiro atoms. The molecule has 1 aliphatic heterocycles. The molecule has 3 atom stereocenters. The molecular weight excluding hydrogens is 296 g/mol. The molecule has 2 rings (SSSR count). The number of ether oxygens (including phenoxy) is 1. The highest BCUT2D eigenvalue weighted by Crippen LogP contribution is 2.22. The lowest BCUT2D eigenvalue weighted by molar-refractivity contribution is -0.124. The summed E-state index contributed by atoms with van der Waals surface area (Å²) in [7, 11) is 1.64. The van der Waals surface area contributed by atoms with Crippen LogP contribution in [0.4, 0.5) is 0 Å². The van der Waals surface area contributed by atoms with E-state index < -0.39 is 0 Å². The molecule has 1 saturated heterocycles. The minimum atomic E-state index is -0.190. The van der Waals surface area contributed by atoms with E-state index in [1.807, 2.05) is 31.2 Å². The monoisotopic (exact) mass is 314 g/mol. The topological polar surface area (TPSA) is 50.4 Å². The molecule has 0 unspecified atom stereocenters. The predicted molar refractivity (Wildman–Crippen MR) is 83.1 cm³/mol. The van der Waals surface area contributed by atoms with Gasteiger partial charge in [0, 0.05) is 23.8 Å². The zero-order valence-electron chi connectivity index (χ0n) is 11.6. The lowest BCUT2D eigenvalue weighted by Crippen LogP contribution is -2.47. The molecule has 1 aliphatic rings. The van der Waals surface area contributed by atoms with Gasteiger partial charge in [0.25, 0.3) is 0 Å². The second-order valence-corrected chi connectivity index (χ2v) is 6.24. The molecular formula is C14H19ClN2O2S. The van der Waals surface area contributed by atoms with Crippen molar-refractivity contribution in [3.05, 3.63) is 34.9 Å². The third-order valence-corrected chi connectivity index (χ3v) is 4.50. The fourth-order valence-electron chi connectivity index (χ4n) is 2.25. The van der Waals surface area contributed by atoms with Gasteiger partial charge < -0.3 is 10.1 Å². The maximum absolute atomic E-state index is 12.1. The summed E-state index contributed by atoms with van der Waals surface area (Å²) in [4.78, 5) is 12.1. The van der Waals surface area contributed by atoms with Crippen molar-refractivity contribution < 1.29 is 9.53 Å². The maximum Gasteiger partial charge on any atom is 0.238 e. The molecule has 6 heteroatoms. The van der Waals surface area contributed by atoms with Gasteiger partial charge in [0.15, 0.2) is 0 Å². The largest absolute Gasteiger partial charge is 0.375 e. The van der Waals surface area contributed by atoms with Crippen molar-refractivity contribution in [3.8, 4) is 0 Å². The number of nitrogens with one attached hydrogen (secondary N) is 2. The standard InChI is InChI=1S/C14H19ClN2O2S/c1-9(17-14(18)12-7-20-8-16-12)13(19-2)10-3-5-11(15)6-4-10/h3-6,9,12-13,16H,7-8H2,1-2H3,(H,17,18)/t9-,12+,13+/m1/s1. The fraction of sp³-hybridized carbons (Fsp3) is 0.500. The number of rotatable bonds is 5. The zero-order chi connectivity index (χ0) is 14.5. The van der Waals surface area contributed by atoms with Crippen LogP contribution < -0.4 is 10.6 Å². The highest BCUT2D eigenvalue weighted by molar-refractivity contribution is 7.99. The molecule has 1 heterocycles. The van der Waals surface area contributed by atoms with Crippen LogP contribution in [0, 0.1) is 0 Å². The van der Waals surface area contributed by atoms with E-state index in [4.69, 9.17) is 16.3 Å². The van der Waals surface area contributed by atoms with Gasteiger partial charge >= 0.3 is 0 Å². The molecule has 0 bridgehead atoms. The third kappa shape index (κ3) is 3.88. The van der Waals surface area contributed by atoms with Crippen molar-refractivity contribution >= 4 is 29.3 Å². The summed E-state index contributed by atoms with van der Waals surface area (Å²) in [5.41, 5.74) is 0.999. The van der Waals surface area contributed by atoms with E-state index in [9.17, 15) is 4.79 Å². The molecule has 20 heavy (non-hydrogen) atoms. The Morgan fingerprint density at radius 3 is 2.75 bits per heavy atom. The summed E-state index contributed by atoms with van der Waals surface area (Å²) in [5.74, 6) is 1.67. The minimum Gasteiger partial charge on any atom is -0.375 e. The van der Waals surface area contributed by atoms with Gasteiger partial charge in [-0.15, -0.1) is 11.8 Å². The van der Waals surface area contributed by atoms with E-state index in [0.717, 1.165) is 17.2 Å². The number of amides is 1. The van der Waals surface area contributed by atoms with Crippen molar-refractivity contribution in [2.45, 2.75) is 25.1 Å². The number of thioether (sulfide) groups is 1. The second-order valence-electron chi connectivity index (χ2n) is 4.78. The van der Waals surface area contributed by atoms with Crippen molar-refractivity contribution in [1.29, 1.82) is 0 Å². The van der Waals surface area contributed by atoms with Gasteiger partial charge in [-0.1, -0.05) is 23.7 Å². The molecule has 1 amide bonds. The average Bonchev–Trinajstić information content (AvgIpc) is 2.96. The first-order chi connectivity index (χ1) is 9.61. The smallest absolute Gasteiger partial charge is 0.238 e. The summed E-state index contributed by atoms with van der Waals surface area (Å²) in [6.45, 7) is 1.95. The molecule has 0 saturated carbocycles. The van der Waals surface area contributed by atoms with Crippen LogP contribution in [0.5, 0.6) is 0 Å². The van der Waals surface area contributed by atoms with Gasteiger partial charge in [-0.2, -0.15) is 0 Å². The molecule has 1 aromatic rings. The Bertz CT molecular complexity index is 449. The summed E-state index contributed by atoms with van der Waals surface area (Å²) in [5, 5.41) is 6.86. The minimum absolute atomic E-state index is 0.0264. The molecule has 0 radical (unpaired) electrons. The number of carbonyl (C=O) groups excluding carboxylic acids is 1. The molecule has 1 fully saturated rings. The lowest BCUT2D eigenvalue weighted by atomic mass is 10.0. The van der Waals surface area contributed by atoms with Gasteiger partial charge in [-0.25, -0.2) is 0 Å². The summed E-state index contributed by atoms with van der Waals surface area (Å²) in [6, 6.07) is 7.27. The molecule has 2 N–H and O–H groups in total. The van der Waals surface area contributed by atoms with Gasteiger partial charge in [-0.3, -0.25) is 10.1 Å². The Labute approximate surface area is 128 Å². The Hall–Kier alpha value is -0.750. The number of hydrogen-bond donors (Lipinski definition) is 2. The summed E-state index contributed by atoms with van der Waals surface area (Å²) < 4.78 is 5.52. The molecule has 4 nitrogen and oxygen atoms in total.